The van der Waals surface area contributed by atoms with Gasteiger partial charge >= 0.3 is 0 Å². The van der Waals surface area contributed by atoms with Crippen LogP contribution in [0.4, 0.5) is 0 Å². The highest BCUT2D eigenvalue weighted by Crippen LogP contribution is 2.33. The van der Waals surface area contributed by atoms with E-state index in [4.69, 9.17) is 0 Å². The first-order valence-corrected chi connectivity index (χ1v) is 6.27. The Morgan fingerprint density at radius 1 is 1.33 bits per heavy atom. The molecule has 1 nitrogen and oxygen atoms in total. The van der Waals surface area contributed by atoms with Crippen molar-refractivity contribution in [2.45, 2.75) is 72.8 Å². The number of aliphatic hydroxyl groups is 1. The number of aliphatic hydroxyl groups excluding tert-OH is 1. The van der Waals surface area contributed by atoms with Gasteiger partial charge in [0, 0.05) is 0 Å². The van der Waals surface area contributed by atoms with E-state index in [0.717, 1.165) is 25.7 Å². The molecule has 0 radical (unpaired) electrons. The van der Waals surface area contributed by atoms with Crippen molar-refractivity contribution in [3.63, 3.8) is 0 Å². The van der Waals surface area contributed by atoms with Crippen LogP contribution in [-0.4, -0.2) is 11.2 Å². The zero-order valence-electron chi connectivity index (χ0n) is 11.1. The highest BCUT2D eigenvalue weighted by Gasteiger charge is 2.29. The molecule has 0 amide bonds. The van der Waals surface area contributed by atoms with Gasteiger partial charge in [-0.3, -0.25) is 0 Å². The third-order valence-electron chi connectivity index (χ3n) is 3.42. The number of rotatable bonds is 7. The molecule has 0 rings (SSSR count). The molecule has 0 saturated heterocycles. The van der Waals surface area contributed by atoms with Crippen LogP contribution in [0.1, 0.15) is 66.7 Å². The molecular weight excluding hydrogens is 184 g/mol. The second-order valence-electron chi connectivity index (χ2n) is 5.15. The van der Waals surface area contributed by atoms with Gasteiger partial charge in [-0.05, 0) is 38.5 Å². The van der Waals surface area contributed by atoms with Crippen molar-refractivity contribution in [1.29, 1.82) is 0 Å². The molecule has 15 heavy (non-hydrogen) atoms. The van der Waals surface area contributed by atoms with Gasteiger partial charge in [0.25, 0.3) is 0 Å². The molecule has 2 atom stereocenters. The van der Waals surface area contributed by atoms with Gasteiger partial charge in [0.15, 0.2) is 0 Å². The van der Waals surface area contributed by atoms with Gasteiger partial charge in [-0.25, -0.2) is 0 Å². The van der Waals surface area contributed by atoms with Crippen molar-refractivity contribution in [3.05, 3.63) is 11.6 Å². The van der Waals surface area contributed by atoms with E-state index in [0.29, 0.717) is 0 Å². The first-order valence-electron chi connectivity index (χ1n) is 6.27. The predicted molar refractivity (Wildman–Crippen MR) is 68.0 cm³/mol. The van der Waals surface area contributed by atoms with Crippen LogP contribution in [0.15, 0.2) is 11.6 Å². The maximum atomic E-state index is 10.2. The summed E-state index contributed by atoms with van der Waals surface area (Å²) in [4.78, 5) is 0. The molecule has 0 aromatic heterocycles. The first kappa shape index (κ1) is 14.7. The van der Waals surface area contributed by atoms with Crippen molar-refractivity contribution >= 4 is 0 Å². The SMILES string of the molecule is CCCC[C@@H](O)[C@@](C)(CC)CC=C(C)C. The molecule has 0 unspecified atom stereocenters. The van der Waals surface area contributed by atoms with Crippen molar-refractivity contribution in [3.8, 4) is 0 Å². The first-order chi connectivity index (χ1) is 6.96. The average molecular weight is 212 g/mol. The Hall–Kier alpha value is -0.300. The molecule has 0 aromatic carbocycles. The van der Waals surface area contributed by atoms with Crippen LogP contribution in [-0.2, 0) is 0 Å². The van der Waals surface area contributed by atoms with Crippen molar-refractivity contribution in [2.75, 3.05) is 0 Å². The van der Waals surface area contributed by atoms with Gasteiger partial charge in [-0.2, -0.15) is 0 Å². The third kappa shape index (κ3) is 5.36. The minimum absolute atomic E-state index is 0.0619. The standard InChI is InChI=1S/C14H28O/c1-6-8-9-13(15)14(5,7-2)11-10-12(3)4/h10,13,15H,6-9,11H2,1-5H3/t13-,14+/m1/s1. The van der Waals surface area contributed by atoms with E-state index in [2.05, 4.69) is 40.7 Å². The fraction of sp³-hybridized carbons (Fsp3) is 0.857. The Labute approximate surface area is 95.6 Å². The van der Waals surface area contributed by atoms with Gasteiger partial charge in [0.2, 0.25) is 0 Å². The van der Waals surface area contributed by atoms with Gasteiger partial charge < -0.3 is 5.11 Å². The minimum Gasteiger partial charge on any atom is -0.393 e. The molecule has 0 aliphatic heterocycles. The molecule has 0 bridgehead atoms. The van der Waals surface area contributed by atoms with Gasteiger partial charge in [0.05, 0.1) is 6.10 Å². The predicted octanol–water partition coefficient (Wildman–Crippen LogP) is 4.31. The summed E-state index contributed by atoms with van der Waals surface area (Å²) in [5.41, 5.74) is 1.41. The highest BCUT2D eigenvalue weighted by atomic mass is 16.3. The topological polar surface area (TPSA) is 20.2 Å². The maximum absolute atomic E-state index is 10.2. The Morgan fingerprint density at radius 3 is 2.33 bits per heavy atom. The summed E-state index contributed by atoms with van der Waals surface area (Å²) < 4.78 is 0. The lowest BCUT2D eigenvalue weighted by Gasteiger charge is -2.33. The van der Waals surface area contributed by atoms with E-state index < -0.39 is 0 Å². The fourth-order valence-electron chi connectivity index (χ4n) is 1.70. The summed E-state index contributed by atoms with van der Waals surface area (Å²) in [6.07, 6.45) is 7.37. The third-order valence-corrected chi connectivity index (χ3v) is 3.42. The van der Waals surface area contributed by atoms with Crippen LogP contribution < -0.4 is 0 Å². The van der Waals surface area contributed by atoms with Crippen LogP contribution in [0.2, 0.25) is 0 Å². The number of allylic oxidation sites excluding steroid dienone is 2. The Kier molecular flexibility index (Phi) is 6.91. The average Bonchev–Trinajstić information content (AvgIpc) is 2.22. The van der Waals surface area contributed by atoms with Gasteiger partial charge in [-0.1, -0.05) is 45.3 Å². The summed E-state index contributed by atoms with van der Waals surface area (Å²) in [5.74, 6) is 0. The summed E-state index contributed by atoms with van der Waals surface area (Å²) in [6.45, 7) is 10.8. The molecule has 1 heteroatoms. The fourth-order valence-corrected chi connectivity index (χ4v) is 1.70. The van der Waals surface area contributed by atoms with Crippen LogP contribution in [0.25, 0.3) is 0 Å². The van der Waals surface area contributed by atoms with Gasteiger partial charge in [0.1, 0.15) is 0 Å². The van der Waals surface area contributed by atoms with Crippen molar-refractivity contribution < 1.29 is 5.11 Å². The summed E-state index contributed by atoms with van der Waals surface area (Å²) in [6, 6.07) is 0. The summed E-state index contributed by atoms with van der Waals surface area (Å²) in [5, 5.41) is 10.2. The minimum atomic E-state index is -0.155. The van der Waals surface area contributed by atoms with Crippen LogP contribution in [0.3, 0.4) is 0 Å². The van der Waals surface area contributed by atoms with E-state index >= 15 is 0 Å². The van der Waals surface area contributed by atoms with E-state index in [9.17, 15) is 5.11 Å². The molecule has 0 spiro atoms. The molecule has 1 N–H and O–H groups in total. The molecule has 90 valence electrons. The lowest BCUT2D eigenvalue weighted by molar-refractivity contribution is 0.0276. The molecule has 0 heterocycles. The zero-order valence-corrected chi connectivity index (χ0v) is 11.1. The number of hydrogen-bond acceptors (Lipinski definition) is 1. The van der Waals surface area contributed by atoms with E-state index in [-0.39, 0.29) is 11.5 Å². The summed E-state index contributed by atoms with van der Waals surface area (Å²) in [7, 11) is 0. The second kappa shape index (κ2) is 7.05. The molecule has 0 aliphatic carbocycles. The lowest BCUT2D eigenvalue weighted by atomic mass is 9.76. The van der Waals surface area contributed by atoms with Crippen LogP contribution in [0.5, 0.6) is 0 Å². The lowest BCUT2D eigenvalue weighted by Crippen LogP contribution is -2.31. The Morgan fingerprint density at radius 2 is 1.93 bits per heavy atom. The Balaban J connectivity index is 4.33. The molecular formula is C14H28O. The zero-order chi connectivity index (χ0) is 11.9. The number of unbranched alkanes of at least 4 members (excludes halogenated alkanes) is 1. The smallest absolute Gasteiger partial charge is 0.0596 e. The van der Waals surface area contributed by atoms with E-state index in [1.807, 2.05) is 0 Å². The summed E-state index contributed by atoms with van der Waals surface area (Å²) >= 11 is 0. The second-order valence-corrected chi connectivity index (χ2v) is 5.15. The van der Waals surface area contributed by atoms with Crippen molar-refractivity contribution in [2.24, 2.45) is 5.41 Å². The Bertz CT molecular complexity index is 192. The molecule has 0 aromatic rings. The van der Waals surface area contributed by atoms with Crippen LogP contribution in [0, 0.1) is 5.41 Å². The molecule has 0 aliphatic rings. The highest BCUT2D eigenvalue weighted by molar-refractivity contribution is 4.98. The number of hydrogen-bond donors (Lipinski definition) is 1. The molecule has 0 saturated carbocycles. The van der Waals surface area contributed by atoms with Crippen molar-refractivity contribution in [1.82, 2.24) is 0 Å². The van der Waals surface area contributed by atoms with E-state index in [1.165, 1.54) is 12.0 Å². The van der Waals surface area contributed by atoms with Gasteiger partial charge in [-0.15, -0.1) is 0 Å². The quantitative estimate of drug-likeness (QED) is 0.623. The monoisotopic (exact) mass is 212 g/mol. The maximum Gasteiger partial charge on any atom is 0.0596 e. The van der Waals surface area contributed by atoms with E-state index in [1.54, 1.807) is 0 Å². The van der Waals surface area contributed by atoms with Crippen LogP contribution >= 0.6 is 0 Å². The molecule has 0 fully saturated rings. The largest absolute Gasteiger partial charge is 0.393 e. The normalized spacial score (nSPS) is 16.9.